The highest BCUT2D eigenvalue weighted by molar-refractivity contribution is 6.07. The van der Waals surface area contributed by atoms with E-state index in [0.717, 1.165) is 49.2 Å². The Bertz CT molecular complexity index is 1210. The van der Waals surface area contributed by atoms with Crippen molar-refractivity contribution in [3.8, 4) is 0 Å². The van der Waals surface area contributed by atoms with Crippen molar-refractivity contribution in [2.75, 3.05) is 43.4 Å². The molecule has 7 nitrogen and oxygen atoms in total. The molecule has 1 aromatic carbocycles. The number of carbonyl (C=O) groups is 1. The van der Waals surface area contributed by atoms with Crippen molar-refractivity contribution in [2.45, 2.75) is 6.42 Å². The molecule has 0 bridgehead atoms. The summed E-state index contributed by atoms with van der Waals surface area (Å²) in [4.78, 5) is 22.0. The first kappa shape index (κ1) is 20.2. The fraction of sp³-hybridized carbons (Fsp3) is 0.240. The molecule has 7 heteroatoms. The molecule has 3 heterocycles. The highest BCUT2D eigenvalue weighted by Gasteiger charge is 2.16. The predicted molar refractivity (Wildman–Crippen MR) is 129 cm³/mol. The largest absolute Gasteiger partial charge is 0.369 e. The first-order chi connectivity index (χ1) is 15.7. The minimum atomic E-state index is -0.187. The third kappa shape index (κ3) is 4.20. The number of fused-ring (bicyclic) bond motifs is 1. The minimum absolute atomic E-state index is 0.187. The average Bonchev–Trinajstić information content (AvgIpc) is 3.03. The summed E-state index contributed by atoms with van der Waals surface area (Å²) in [7, 11) is 2.14. The summed E-state index contributed by atoms with van der Waals surface area (Å²) < 4.78 is 0. The Labute approximate surface area is 187 Å². The van der Waals surface area contributed by atoms with Gasteiger partial charge in [-0.3, -0.25) is 9.89 Å². The summed E-state index contributed by atoms with van der Waals surface area (Å²) >= 11 is 0. The van der Waals surface area contributed by atoms with Gasteiger partial charge in [0.05, 0.1) is 5.39 Å². The Hall–Kier alpha value is -3.71. The quantitative estimate of drug-likeness (QED) is 0.662. The maximum atomic E-state index is 12.9. The number of aromatic nitrogens is 3. The Balaban J connectivity index is 1.33. The number of anilines is 2. The van der Waals surface area contributed by atoms with E-state index >= 15 is 0 Å². The van der Waals surface area contributed by atoms with Crippen LogP contribution in [-0.4, -0.2) is 59.2 Å². The van der Waals surface area contributed by atoms with Gasteiger partial charge in [0.25, 0.3) is 5.91 Å². The Morgan fingerprint density at radius 3 is 2.69 bits per heavy atom. The lowest BCUT2D eigenvalue weighted by molar-refractivity contribution is 0.102. The molecule has 0 spiro atoms. The third-order valence-electron chi connectivity index (χ3n) is 6.01. The first-order valence-corrected chi connectivity index (χ1v) is 10.9. The number of nitrogens with one attached hydrogen (secondary N) is 2. The van der Waals surface area contributed by atoms with E-state index in [1.165, 1.54) is 5.57 Å². The Morgan fingerprint density at radius 1 is 1.06 bits per heavy atom. The zero-order chi connectivity index (χ0) is 21.9. The summed E-state index contributed by atoms with van der Waals surface area (Å²) in [6.07, 6.45) is 12.9. The third-order valence-corrected chi connectivity index (χ3v) is 6.01. The van der Waals surface area contributed by atoms with Crippen LogP contribution in [-0.2, 0) is 0 Å². The summed E-state index contributed by atoms with van der Waals surface area (Å²) in [5.41, 5.74) is 4.58. The van der Waals surface area contributed by atoms with Crippen LogP contribution in [0.15, 0.2) is 66.9 Å². The second-order valence-electron chi connectivity index (χ2n) is 8.19. The van der Waals surface area contributed by atoms with E-state index in [9.17, 15) is 4.79 Å². The number of hydrogen-bond acceptors (Lipinski definition) is 5. The summed E-state index contributed by atoms with van der Waals surface area (Å²) in [5, 5.41) is 10.9. The van der Waals surface area contributed by atoms with Crippen molar-refractivity contribution in [3.05, 3.63) is 78.0 Å². The molecule has 0 radical (unpaired) electrons. The van der Waals surface area contributed by atoms with Crippen LogP contribution in [0.2, 0.25) is 0 Å². The van der Waals surface area contributed by atoms with Gasteiger partial charge in [0.15, 0.2) is 11.5 Å². The smallest absolute Gasteiger partial charge is 0.256 e. The fourth-order valence-corrected chi connectivity index (χ4v) is 4.03. The second-order valence-corrected chi connectivity index (χ2v) is 8.19. The van der Waals surface area contributed by atoms with Crippen LogP contribution in [0.3, 0.4) is 0 Å². The van der Waals surface area contributed by atoms with Crippen molar-refractivity contribution < 1.29 is 4.79 Å². The normalized spacial score (nSPS) is 16.8. The topological polar surface area (TPSA) is 77.1 Å². The van der Waals surface area contributed by atoms with E-state index in [4.69, 9.17) is 0 Å². The number of benzene rings is 1. The number of pyridine rings is 1. The fourth-order valence-electron chi connectivity index (χ4n) is 4.03. The van der Waals surface area contributed by atoms with Gasteiger partial charge in [-0.15, -0.1) is 0 Å². The van der Waals surface area contributed by atoms with E-state index in [2.05, 4.69) is 49.5 Å². The molecule has 2 aromatic heterocycles. The van der Waals surface area contributed by atoms with E-state index in [0.29, 0.717) is 17.0 Å². The number of allylic oxidation sites excluding steroid dienone is 6. The average molecular weight is 427 g/mol. The molecule has 1 fully saturated rings. The monoisotopic (exact) mass is 426 g/mol. The van der Waals surface area contributed by atoms with Gasteiger partial charge < -0.3 is 15.1 Å². The molecule has 2 N–H and O–H groups in total. The minimum Gasteiger partial charge on any atom is -0.369 e. The molecule has 1 aliphatic heterocycles. The molecule has 5 rings (SSSR count). The SMILES string of the molecule is CN1CCN(c2ccc(C(=O)Nc3n[nH]c4ncc(C5=CC=CC=CC5)cc34)cc2)CC1. The molecule has 1 aliphatic carbocycles. The number of hydrogen-bond donors (Lipinski definition) is 2. The van der Waals surface area contributed by atoms with Gasteiger partial charge in [-0.1, -0.05) is 30.4 Å². The zero-order valence-corrected chi connectivity index (χ0v) is 18.1. The van der Waals surface area contributed by atoms with E-state index in [1.807, 2.05) is 54.8 Å². The number of amides is 1. The molecule has 2 aliphatic rings. The van der Waals surface area contributed by atoms with E-state index in [-0.39, 0.29) is 5.91 Å². The molecule has 0 unspecified atom stereocenters. The van der Waals surface area contributed by atoms with Crippen LogP contribution in [0.5, 0.6) is 0 Å². The van der Waals surface area contributed by atoms with Crippen LogP contribution >= 0.6 is 0 Å². The lowest BCUT2D eigenvalue weighted by atomic mass is 10.0. The number of aromatic amines is 1. The number of nitrogens with zero attached hydrogens (tertiary/aromatic N) is 4. The Kier molecular flexibility index (Phi) is 5.56. The van der Waals surface area contributed by atoms with Crippen molar-refractivity contribution in [2.24, 2.45) is 0 Å². The van der Waals surface area contributed by atoms with Crippen molar-refractivity contribution >= 4 is 34.0 Å². The van der Waals surface area contributed by atoms with E-state index in [1.54, 1.807) is 0 Å². The van der Waals surface area contributed by atoms with Crippen LogP contribution < -0.4 is 10.2 Å². The summed E-state index contributed by atoms with van der Waals surface area (Å²) in [6.45, 7) is 4.10. The molecule has 1 amide bonds. The highest BCUT2D eigenvalue weighted by atomic mass is 16.1. The maximum Gasteiger partial charge on any atom is 0.256 e. The summed E-state index contributed by atoms with van der Waals surface area (Å²) in [5.74, 6) is 0.302. The predicted octanol–water partition coefficient (Wildman–Crippen LogP) is 3.86. The molecule has 1 saturated heterocycles. The summed E-state index contributed by atoms with van der Waals surface area (Å²) in [6, 6.07) is 9.80. The van der Waals surface area contributed by atoms with E-state index < -0.39 is 0 Å². The molecular formula is C25H26N6O. The Morgan fingerprint density at radius 2 is 1.88 bits per heavy atom. The zero-order valence-electron chi connectivity index (χ0n) is 18.1. The number of likely N-dealkylation sites (N-methyl/N-ethyl adjacent to an activating group) is 1. The van der Waals surface area contributed by atoms with Crippen LogP contribution in [0.4, 0.5) is 11.5 Å². The second kappa shape index (κ2) is 8.80. The molecule has 162 valence electrons. The molecule has 3 aromatic rings. The highest BCUT2D eigenvalue weighted by Crippen LogP contribution is 2.27. The number of rotatable bonds is 4. The van der Waals surface area contributed by atoms with Crippen molar-refractivity contribution in [1.29, 1.82) is 0 Å². The maximum absolute atomic E-state index is 12.9. The van der Waals surface area contributed by atoms with Gasteiger partial charge in [0.1, 0.15) is 0 Å². The number of H-pyrrole nitrogens is 1. The van der Waals surface area contributed by atoms with Crippen molar-refractivity contribution in [1.82, 2.24) is 20.1 Å². The van der Waals surface area contributed by atoms with Gasteiger partial charge in [-0.25, -0.2) is 4.98 Å². The van der Waals surface area contributed by atoms with Crippen LogP contribution in [0.25, 0.3) is 16.6 Å². The van der Waals surface area contributed by atoms with Gasteiger partial charge >= 0.3 is 0 Å². The van der Waals surface area contributed by atoms with Crippen molar-refractivity contribution in [3.63, 3.8) is 0 Å². The van der Waals surface area contributed by atoms with Gasteiger partial charge in [-0.2, -0.15) is 5.10 Å². The van der Waals surface area contributed by atoms with Gasteiger partial charge in [0, 0.05) is 43.6 Å². The molecular weight excluding hydrogens is 400 g/mol. The lowest BCUT2D eigenvalue weighted by Crippen LogP contribution is -2.44. The van der Waals surface area contributed by atoms with Gasteiger partial charge in [0.2, 0.25) is 0 Å². The number of carbonyl (C=O) groups excluding carboxylic acids is 1. The van der Waals surface area contributed by atoms with Gasteiger partial charge in [-0.05, 0) is 54.9 Å². The standard InChI is InChI=1S/C25H26N6O/c1-30-12-14-31(15-13-30)21-10-8-19(9-11-21)25(32)27-24-22-16-20(17-26-23(22)28-29-24)18-6-4-2-3-5-7-18/h2-6,8-11,16-17H,7,12-15H2,1H3,(H2,26,27,28,29,32). The molecule has 0 saturated carbocycles. The molecule has 32 heavy (non-hydrogen) atoms. The lowest BCUT2D eigenvalue weighted by Gasteiger charge is -2.34. The van der Waals surface area contributed by atoms with Crippen LogP contribution in [0, 0.1) is 0 Å². The first-order valence-electron chi connectivity index (χ1n) is 10.9. The van der Waals surface area contributed by atoms with Crippen LogP contribution in [0.1, 0.15) is 22.3 Å². The number of piperazine rings is 1. The molecule has 0 atom stereocenters.